The Morgan fingerprint density at radius 1 is 0.966 bits per heavy atom. The van der Waals surface area contributed by atoms with E-state index in [1.165, 1.54) is 0 Å². The highest BCUT2D eigenvalue weighted by Gasteiger charge is 2.17. The third kappa shape index (κ3) is 5.10. The second-order valence-electron chi connectivity index (χ2n) is 6.41. The van der Waals surface area contributed by atoms with E-state index in [4.69, 9.17) is 18.6 Å². The maximum absolute atomic E-state index is 12.6. The van der Waals surface area contributed by atoms with Crippen LogP contribution in [-0.4, -0.2) is 20.1 Å². The quantitative estimate of drug-likeness (QED) is 0.566. The molecular formula is C23H25NO5. The Bertz CT molecular complexity index is 932. The number of carbonyl (C=O) groups is 1. The number of hydrogen-bond donors (Lipinski definition) is 1. The first-order valence-corrected chi connectivity index (χ1v) is 9.44. The molecule has 3 aromatic rings. The van der Waals surface area contributed by atoms with Crippen LogP contribution in [-0.2, 0) is 6.61 Å². The van der Waals surface area contributed by atoms with Crippen LogP contribution in [0, 0.1) is 0 Å². The zero-order valence-electron chi connectivity index (χ0n) is 16.8. The normalized spacial score (nSPS) is 11.6. The predicted molar refractivity (Wildman–Crippen MR) is 110 cm³/mol. The van der Waals surface area contributed by atoms with Crippen LogP contribution in [0.4, 0.5) is 0 Å². The minimum Gasteiger partial charge on any atom is -0.497 e. The number of hydrogen-bond acceptors (Lipinski definition) is 5. The van der Waals surface area contributed by atoms with Crippen molar-refractivity contribution in [3.8, 4) is 17.2 Å². The Labute approximate surface area is 170 Å². The van der Waals surface area contributed by atoms with Crippen LogP contribution in [0.5, 0.6) is 17.2 Å². The highest BCUT2D eigenvalue weighted by Crippen LogP contribution is 2.27. The van der Waals surface area contributed by atoms with E-state index in [-0.39, 0.29) is 24.3 Å². The Morgan fingerprint density at radius 3 is 2.34 bits per heavy atom. The van der Waals surface area contributed by atoms with Crippen LogP contribution >= 0.6 is 0 Å². The lowest BCUT2D eigenvalue weighted by molar-refractivity contribution is 0.0903. The first kappa shape index (κ1) is 20.3. The Hall–Kier alpha value is -3.41. The van der Waals surface area contributed by atoms with Gasteiger partial charge in [0.1, 0.15) is 18.1 Å². The molecule has 0 fully saturated rings. The van der Waals surface area contributed by atoms with E-state index in [2.05, 4.69) is 5.32 Å². The van der Waals surface area contributed by atoms with Gasteiger partial charge in [-0.25, -0.2) is 0 Å². The van der Waals surface area contributed by atoms with Gasteiger partial charge in [0.05, 0.1) is 20.3 Å². The van der Waals surface area contributed by atoms with Gasteiger partial charge in [-0.3, -0.25) is 4.79 Å². The maximum atomic E-state index is 12.6. The van der Waals surface area contributed by atoms with Gasteiger partial charge in [0, 0.05) is 0 Å². The lowest BCUT2D eigenvalue weighted by atomic mass is 10.0. The molecule has 0 bridgehead atoms. The van der Waals surface area contributed by atoms with Gasteiger partial charge < -0.3 is 23.9 Å². The molecule has 0 saturated carbocycles. The van der Waals surface area contributed by atoms with Crippen molar-refractivity contribution in [3.63, 3.8) is 0 Å². The van der Waals surface area contributed by atoms with Crippen molar-refractivity contribution in [3.05, 3.63) is 77.7 Å². The Morgan fingerprint density at radius 2 is 1.69 bits per heavy atom. The largest absolute Gasteiger partial charge is 0.497 e. The molecule has 1 heterocycles. The zero-order chi connectivity index (χ0) is 20.6. The van der Waals surface area contributed by atoms with E-state index >= 15 is 0 Å². The average Bonchev–Trinajstić information content (AvgIpc) is 3.25. The van der Waals surface area contributed by atoms with Crippen LogP contribution in [0.1, 0.15) is 41.3 Å². The number of amides is 1. The number of ether oxygens (including phenoxy) is 3. The monoisotopic (exact) mass is 395 g/mol. The van der Waals surface area contributed by atoms with Gasteiger partial charge in [0.25, 0.3) is 5.91 Å². The van der Waals surface area contributed by atoms with Crippen LogP contribution in [0.25, 0.3) is 0 Å². The van der Waals surface area contributed by atoms with Crippen LogP contribution in [0.3, 0.4) is 0 Å². The molecule has 0 spiro atoms. The van der Waals surface area contributed by atoms with Gasteiger partial charge in [-0.15, -0.1) is 0 Å². The molecule has 152 valence electrons. The van der Waals surface area contributed by atoms with Gasteiger partial charge in [-0.2, -0.15) is 0 Å². The van der Waals surface area contributed by atoms with Gasteiger partial charge in [0.15, 0.2) is 17.3 Å². The lowest BCUT2D eigenvalue weighted by Gasteiger charge is -2.17. The summed E-state index contributed by atoms with van der Waals surface area (Å²) >= 11 is 0. The molecule has 1 N–H and O–H groups in total. The van der Waals surface area contributed by atoms with Crippen molar-refractivity contribution in [1.29, 1.82) is 0 Å². The minimum absolute atomic E-state index is 0.119. The van der Waals surface area contributed by atoms with E-state index in [0.29, 0.717) is 17.3 Å². The molecule has 0 radical (unpaired) electrons. The van der Waals surface area contributed by atoms with Gasteiger partial charge in [-0.05, 0) is 48.4 Å². The number of methoxy groups -OCH3 is 2. The third-order valence-electron chi connectivity index (χ3n) is 4.56. The summed E-state index contributed by atoms with van der Waals surface area (Å²) < 4.78 is 21.8. The summed E-state index contributed by atoms with van der Waals surface area (Å²) in [6, 6.07) is 18.3. The fourth-order valence-corrected chi connectivity index (χ4v) is 2.95. The van der Waals surface area contributed by atoms with Crippen LogP contribution in [0.2, 0.25) is 0 Å². The van der Waals surface area contributed by atoms with Crippen LogP contribution < -0.4 is 19.5 Å². The van der Waals surface area contributed by atoms with Crippen molar-refractivity contribution >= 4 is 5.91 Å². The number of furan rings is 1. The molecule has 0 aliphatic rings. The van der Waals surface area contributed by atoms with Crippen molar-refractivity contribution in [2.45, 2.75) is 26.0 Å². The van der Waals surface area contributed by atoms with Gasteiger partial charge in [0.2, 0.25) is 0 Å². The average molecular weight is 395 g/mol. The molecule has 6 nitrogen and oxygen atoms in total. The van der Waals surface area contributed by atoms with Crippen LogP contribution in [0.15, 0.2) is 65.1 Å². The smallest absolute Gasteiger partial charge is 0.287 e. The molecule has 1 aromatic heterocycles. The van der Waals surface area contributed by atoms with E-state index in [1.807, 2.05) is 55.5 Å². The summed E-state index contributed by atoms with van der Waals surface area (Å²) in [6.45, 7) is 2.22. The second kappa shape index (κ2) is 9.68. The zero-order valence-corrected chi connectivity index (χ0v) is 16.8. The minimum atomic E-state index is -0.267. The fourth-order valence-electron chi connectivity index (χ4n) is 2.95. The number of carbonyl (C=O) groups excluding carboxylic acids is 1. The Kier molecular flexibility index (Phi) is 6.79. The summed E-state index contributed by atoms with van der Waals surface area (Å²) in [7, 11) is 3.21. The van der Waals surface area contributed by atoms with Crippen molar-refractivity contribution in [1.82, 2.24) is 5.32 Å². The predicted octanol–water partition coefficient (Wildman–Crippen LogP) is 4.76. The molecule has 1 atom stereocenters. The van der Waals surface area contributed by atoms with E-state index in [9.17, 15) is 4.79 Å². The van der Waals surface area contributed by atoms with E-state index < -0.39 is 0 Å². The fraction of sp³-hybridized carbons (Fsp3) is 0.261. The van der Waals surface area contributed by atoms with Crippen molar-refractivity contribution in [2.75, 3.05) is 14.2 Å². The van der Waals surface area contributed by atoms with E-state index in [1.54, 1.807) is 26.4 Å². The number of rotatable bonds is 9. The summed E-state index contributed by atoms with van der Waals surface area (Å²) in [4.78, 5) is 12.6. The summed E-state index contributed by atoms with van der Waals surface area (Å²) in [5.41, 5.74) is 1.01. The molecular weight excluding hydrogens is 370 g/mol. The molecule has 2 aromatic carbocycles. The molecule has 1 amide bonds. The molecule has 0 saturated heterocycles. The molecule has 3 rings (SSSR count). The molecule has 6 heteroatoms. The first-order valence-electron chi connectivity index (χ1n) is 9.44. The van der Waals surface area contributed by atoms with Gasteiger partial charge in [-0.1, -0.05) is 31.2 Å². The number of benzene rings is 2. The molecule has 0 aliphatic carbocycles. The summed E-state index contributed by atoms with van der Waals surface area (Å²) in [5, 5.41) is 3.01. The maximum Gasteiger partial charge on any atom is 0.287 e. The second-order valence-corrected chi connectivity index (χ2v) is 6.41. The summed E-state index contributed by atoms with van der Waals surface area (Å²) in [6.07, 6.45) is 0.753. The third-order valence-corrected chi connectivity index (χ3v) is 4.56. The highest BCUT2D eigenvalue weighted by molar-refractivity contribution is 5.91. The topological polar surface area (TPSA) is 69.9 Å². The molecule has 1 unspecified atom stereocenters. The summed E-state index contributed by atoms with van der Waals surface area (Å²) in [5.74, 6) is 2.57. The molecule has 29 heavy (non-hydrogen) atoms. The first-order chi connectivity index (χ1) is 14.1. The SMILES string of the molecule is CCC(NC(=O)c1ccc(COc2ccccc2OC)o1)c1ccc(OC)cc1. The van der Waals surface area contributed by atoms with Gasteiger partial charge >= 0.3 is 0 Å². The Balaban J connectivity index is 1.62. The number of nitrogens with one attached hydrogen (secondary N) is 1. The standard InChI is InChI=1S/C23H25NO5/c1-4-19(16-9-11-17(26-2)12-10-16)24-23(25)22-14-13-18(29-22)15-28-21-8-6-5-7-20(21)27-3/h5-14,19H,4,15H2,1-3H3,(H,24,25). The van der Waals surface area contributed by atoms with Crippen molar-refractivity contribution in [2.24, 2.45) is 0 Å². The highest BCUT2D eigenvalue weighted by atomic mass is 16.5. The number of para-hydroxylation sites is 2. The van der Waals surface area contributed by atoms with E-state index in [0.717, 1.165) is 17.7 Å². The van der Waals surface area contributed by atoms with Crippen molar-refractivity contribution < 1.29 is 23.4 Å². The molecule has 0 aliphatic heterocycles. The lowest BCUT2D eigenvalue weighted by Crippen LogP contribution is -2.27.